The highest BCUT2D eigenvalue weighted by Crippen LogP contribution is 2.53. The van der Waals surface area contributed by atoms with Crippen molar-refractivity contribution in [2.24, 2.45) is 16.0 Å². The number of benzene rings is 1. The van der Waals surface area contributed by atoms with Crippen molar-refractivity contribution >= 4 is 10.0 Å². The standard InChI is InChI=1S/C19H28N2O3S/c1-17(2)10-15-11-19(5,12-17)13-21(15)25(23,24)16-8-6-14(7-9-16)18(3,4)20-22/h6-9,15H,10-13H2,1-5H3. The van der Waals surface area contributed by atoms with E-state index in [1.54, 1.807) is 42.4 Å². The first-order valence-corrected chi connectivity index (χ1v) is 10.3. The second-order valence-electron chi connectivity index (χ2n) is 9.44. The fourth-order valence-electron chi connectivity index (χ4n) is 4.91. The zero-order chi connectivity index (χ0) is 18.7. The quantitative estimate of drug-likeness (QED) is 0.749. The molecular weight excluding hydrogens is 336 g/mol. The maximum absolute atomic E-state index is 13.2. The number of sulfonamides is 1. The molecule has 2 aliphatic rings. The second-order valence-corrected chi connectivity index (χ2v) is 11.3. The molecule has 1 saturated carbocycles. The molecule has 1 aromatic rings. The SMILES string of the molecule is CC1(C)CC2CC(C)(CN2S(=O)(=O)c2ccc(C(C)(C)N=O)cc2)C1. The van der Waals surface area contributed by atoms with Crippen molar-refractivity contribution in [3.05, 3.63) is 34.7 Å². The van der Waals surface area contributed by atoms with Crippen LogP contribution in [-0.4, -0.2) is 25.3 Å². The van der Waals surface area contributed by atoms with Crippen molar-refractivity contribution in [3.63, 3.8) is 0 Å². The smallest absolute Gasteiger partial charge is 0.207 e. The fourth-order valence-corrected chi connectivity index (χ4v) is 6.69. The Morgan fingerprint density at radius 1 is 1.12 bits per heavy atom. The lowest BCUT2D eigenvalue weighted by Gasteiger charge is -2.39. The first-order valence-electron chi connectivity index (χ1n) is 8.86. The molecule has 5 nitrogen and oxygen atoms in total. The van der Waals surface area contributed by atoms with Crippen LogP contribution in [0.5, 0.6) is 0 Å². The monoisotopic (exact) mass is 364 g/mol. The molecule has 1 aliphatic heterocycles. The van der Waals surface area contributed by atoms with E-state index in [1.165, 1.54) is 0 Å². The molecule has 0 aromatic heterocycles. The van der Waals surface area contributed by atoms with E-state index >= 15 is 0 Å². The molecule has 25 heavy (non-hydrogen) atoms. The van der Waals surface area contributed by atoms with E-state index in [2.05, 4.69) is 25.9 Å². The van der Waals surface area contributed by atoms with Gasteiger partial charge in [0.1, 0.15) is 5.54 Å². The minimum atomic E-state index is -3.53. The van der Waals surface area contributed by atoms with Crippen LogP contribution in [0.15, 0.2) is 34.3 Å². The summed E-state index contributed by atoms with van der Waals surface area (Å²) in [5.41, 5.74) is 0.0906. The summed E-state index contributed by atoms with van der Waals surface area (Å²) >= 11 is 0. The van der Waals surface area contributed by atoms with Gasteiger partial charge in [-0.05, 0) is 61.6 Å². The van der Waals surface area contributed by atoms with Crippen molar-refractivity contribution in [2.45, 2.75) is 70.4 Å². The van der Waals surface area contributed by atoms with Gasteiger partial charge in [-0.25, -0.2) is 8.42 Å². The Morgan fingerprint density at radius 2 is 1.72 bits per heavy atom. The summed E-state index contributed by atoms with van der Waals surface area (Å²) < 4.78 is 28.1. The Labute approximate surface area is 150 Å². The third-order valence-electron chi connectivity index (χ3n) is 5.76. The zero-order valence-electron chi connectivity index (χ0n) is 15.7. The third-order valence-corrected chi connectivity index (χ3v) is 7.67. The molecule has 0 radical (unpaired) electrons. The lowest BCUT2D eigenvalue weighted by molar-refractivity contribution is 0.133. The second kappa shape index (κ2) is 5.61. The van der Waals surface area contributed by atoms with E-state index in [0.717, 1.165) is 24.8 Å². The van der Waals surface area contributed by atoms with Gasteiger partial charge in [0.05, 0.1) is 4.90 Å². The van der Waals surface area contributed by atoms with Gasteiger partial charge in [0.2, 0.25) is 10.0 Å². The van der Waals surface area contributed by atoms with Crippen LogP contribution in [0.2, 0.25) is 0 Å². The van der Waals surface area contributed by atoms with Crippen LogP contribution in [0.3, 0.4) is 0 Å². The summed E-state index contributed by atoms with van der Waals surface area (Å²) in [5, 5.41) is 3.12. The van der Waals surface area contributed by atoms with Crippen molar-refractivity contribution < 1.29 is 8.42 Å². The van der Waals surface area contributed by atoms with E-state index in [0.29, 0.717) is 11.4 Å². The predicted octanol–water partition coefficient (Wildman–Crippen LogP) is 4.28. The highest BCUT2D eigenvalue weighted by Gasteiger charge is 2.53. The van der Waals surface area contributed by atoms with Gasteiger partial charge in [-0.3, -0.25) is 0 Å². The molecule has 1 aromatic carbocycles. The van der Waals surface area contributed by atoms with Crippen molar-refractivity contribution in [3.8, 4) is 0 Å². The molecule has 2 unspecified atom stereocenters. The molecule has 0 N–H and O–H groups in total. The van der Waals surface area contributed by atoms with E-state index < -0.39 is 15.6 Å². The number of fused-ring (bicyclic) bond motifs is 2. The number of nitrogens with zero attached hydrogens (tertiary/aromatic N) is 2. The molecule has 1 saturated heterocycles. The molecule has 2 atom stereocenters. The number of hydrogen-bond acceptors (Lipinski definition) is 4. The van der Waals surface area contributed by atoms with Crippen LogP contribution in [0.25, 0.3) is 0 Å². The zero-order valence-corrected chi connectivity index (χ0v) is 16.6. The number of hydrogen-bond donors (Lipinski definition) is 0. The van der Waals surface area contributed by atoms with Crippen molar-refractivity contribution in [1.29, 1.82) is 0 Å². The molecule has 1 aliphatic carbocycles. The van der Waals surface area contributed by atoms with Crippen LogP contribution in [0, 0.1) is 15.7 Å². The summed E-state index contributed by atoms with van der Waals surface area (Å²) in [7, 11) is -3.53. The van der Waals surface area contributed by atoms with Gasteiger partial charge in [0.25, 0.3) is 0 Å². The van der Waals surface area contributed by atoms with Crippen molar-refractivity contribution in [1.82, 2.24) is 4.31 Å². The third kappa shape index (κ3) is 3.26. The molecule has 0 amide bonds. The minimum Gasteiger partial charge on any atom is -0.207 e. The van der Waals surface area contributed by atoms with Gasteiger partial charge in [-0.2, -0.15) is 4.31 Å². The summed E-state index contributed by atoms with van der Waals surface area (Å²) in [5.74, 6) is 0. The Morgan fingerprint density at radius 3 is 2.28 bits per heavy atom. The maximum atomic E-state index is 13.2. The van der Waals surface area contributed by atoms with Gasteiger partial charge in [-0.15, -0.1) is 4.91 Å². The van der Waals surface area contributed by atoms with Crippen LogP contribution in [0.1, 0.15) is 59.4 Å². The normalized spacial score (nSPS) is 29.6. The van der Waals surface area contributed by atoms with Gasteiger partial charge >= 0.3 is 0 Å². The van der Waals surface area contributed by atoms with Crippen LogP contribution >= 0.6 is 0 Å². The van der Waals surface area contributed by atoms with Crippen LogP contribution in [0.4, 0.5) is 0 Å². The minimum absolute atomic E-state index is 0.0584. The van der Waals surface area contributed by atoms with Gasteiger partial charge < -0.3 is 0 Å². The van der Waals surface area contributed by atoms with Gasteiger partial charge in [0.15, 0.2) is 0 Å². The Balaban J connectivity index is 1.91. The van der Waals surface area contributed by atoms with E-state index in [4.69, 9.17) is 0 Å². The molecule has 0 spiro atoms. The molecule has 3 rings (SSSR count). The largest absolute Gasteiger partial charge is 0.243 e. The average Bonchev–Trinajstić information content (AvgIpc) is 2.77. The predicted molar refractivity (Wildman–Crippen MR) is 98.7 cm³/mol. The van der Waals surface area contributed by atoms with Gasteiger partial charge in [0, 0.05) is 12.6 Å². The first-order chi connectivity index (χ1) is 11.4. The first kappa shape index (κ1) is 18.5. The summed E-state index contributed by atoms with van der Waals surface area (Å²) in [6, 6.07) is 6.68. The Kier molecular flexibility index (Phi) is 4.16. The Hall–Kier alpha value is -1.27. The molecular formula is C19H28N2O3S. The summed E-state index contributed by atoms with van der Waals surface area (Å²) in [4.78, 5) is 11.3. The summed E-state index contributed by atoms with van der Waals surface area (Å²) in [6.07, 6.45) is 2.90. The molecule has 6 heteroatoms. The molecule has 2 fully saturated rings. The molecule has 2 bridgehead atoms. The Bertz CT molecular complexity index is 783. The van der Waals surface area contributed by atoms with E-state index in [-0.39, 0.29) is 16.9 Å². The van der Waals surface area contributed by atoms with E-state index in [1.807, 2.05) is 0 Å². The lowest BCUT2D eigenvalue weighted by atomic mass is 9.65. The number of nitroso groups, excluding NO2 is 1. The van der Waals surface area contributed by atoms with Crippen molar-refractivity contribution in [2.75, 3.05) is 6.54 Å². The number of rotatable bonds is 4. The topological polar surface area (TPSA) is 66.8 Å². The fraction of sp³-hybridized carbons (Fsp3) is 0.684. The van der Waals surface area contributed by atoms with Crippen LogP contribution in [-0.2, 0) is 15.6 Å². The molecule has 138 valence electrons. The lowest BCUT2D eigenvalue weighted by Crippen LogP contribution is -2.37. The highest BCUT2D eigenvalue weighted by molar-refractivity contribution is 7.89. The van der Waals surface area contributed by atoms with E-state index in [9.17, 15) is 13.3 Å². The summed E-state index contributed by atoms with van der Waals surface area (Å²) in [6.45, 7) is 10.7. The van der Waals surface area contributed by atoms with Gasteiger partial charge in [-0.1, -0.05) is 38.1 Å². The van der Waals surface area contributed by atoms with Crippen LogP contribution < -0.4 is 0 Å². The maximum Gasteiger partial charge on any atom is 0.243 e. The highest BCUT2D eigenvalue weighted by atomic mass is 32.2. The average molecular weight is 365 g/mol. The molecule has 1 heterocycles.